The van der Waals surface area contributed by atoms with Crippen LogP contribution in [0.4, 0.5) is 14.5 Å². The van der Waals surface area contributed by atoms with Gasteiger partial charge in [-0.25, -0.2) is 8.78 Å². The predicted octanol–water partition coefficient (Wildman–Crippen LogP) is 6.62. The van der Waals surface area contributed by atoms with Crippen LogP contribution in [-0.4, -0.2) is 88.5 Å². The van der Waals surface area contributed by atoms with Crippen LogP contribution in [0.3, 0.4) is 0 Å². The number of nitrogens with one attached hydrogen (secondary N) is 2. The minimum absolute atomic E-state index is 0.0224. The number of H-pyrrole nitrogens is 1. The number of hydrogen-bond acceptors (Lipinski definition) is 6. The zero-order valence-corrected chi connectivity index (χ0v) is 32.1. The van der Waals surface area contributed by atoms with E-state index in [-0.39, 0.29) is 66.0 Å². The highest BCUT2D eigenvalue weighted by atomic mass is 19.1. The Morgan fingerprint density at radius 2 is 1.70 bits per heavy atom. The summed E-state index contributed by atoms with van der Waals surface area (Å²) in [6.45, 7) is 2.61. The van der Waals surface area contributed by atoms with Crippen LogP contribution in [0.2, 0.25) is 0 Å². The normalized spacial score (nSPS) is 17.8. The molecule has 5 aromatic rings. The van der Waals surface area contributed by atoms with Gasteiger partial charge in [0.2, 0.25) is 17.7 Å². The lowest BCUT2D eigenvalue weighted by Crippen LogP contribution is -2.39. The maximum atomic E-state index is 16.5. The van der Waals surface area contributed by atoms with Crippen molar-refractivity contribution in [3.8, 4) is 11.1 Å². The fraction of sp³-hybridized carbons (Fsp3) is 0.341. The number of benzene rings is 3. The number of fused-ring (bicyclic) bond motifs is 1. The number of carbonyl (C=O) groups is 4. The van der Waals surface area contributed by atoms with Crippen molar-refractivity contribution in [1.29, 1.82) is 0 Å². The first kappa shape index (κ1) is 37.8. The molecule has 0 bridgehead atoms. The number of aromatic amines is 1. The molecule has 13 heteroatoms. The fourth-order valence-electron chi connectivity index (χ4n) is 8.44. The van der Waals surface area contributed by atoms with E-state index in [9.17, 15) is 19.2 Å². The van der Waals surface area contributed by atoms with E-state index < -0.39 is 11.7 Å². The summed E-state index contributed by atoms with van der Waals surface area (Å²) in [5, 5.41) is 7.13. The van der Waals surface area contributed by atoms with Crippen molar-refractivity contribution in [2.24, 2.45) is 0 Å². The third kappa shape index (κ3) is 7.70. The lowest BCUT2D eigenvalue weighted by molar-refractivity contribution is -0.134. The van der Waals surface area contributed by atoms with Crippen LogP contribution in [0.25, 0.3) is 27.6 Å². The monoisotopic (exact) mass is 773 g/mol. The van der Waals surface area contributed by atoms with Gasteiger partial charge >= 0.3 is 0 Å². The maximum Gasteiger partial charge on any atom is 0.269 e. The van der Waals surface area contributed by atoms with E-state index in [0.29, 0.717) is 61.2 Å². The number of carbonyl (C=O) groups excluding carboxylic acids is 4. The molecule has 8 rings (SSSR count). The van der Waals surface area contributed by atoms with E-state index in [0.717, 1.165) is 35.1 Å². The quantitative estimate of drug-likeness (QED) is 0.163. The van der Waals surface area contributed by atoms with Crippen molar-refractivity contribution in [1.82, 2.24) is 29.9 Å². The smallest absolute Gasteiger partial charge is 0.269 e. The van der Waals surface area contributed by atoms with Crippen molar-refractivity contribution in [3.63, 3.8) is 0 Å². The Morgan fingerprint density at radius 1 is 0.930 bits per heavy atom. The van der Waals surface area contributed by atoms with Gasteiger partial charge in [0.15, 0.2) is 5.82 Å². The summed E-state index contributed by atoms with van der Waals surface area (Å²) in [6, 6.07) is 18.6. The summed E-state index contributed by atoms with van der Waals surface area (Å²) in [7, 11) is 3.31. The average molecular weight is 774 g/mol. The molecule has 0 aliphatic carbocycles. The number of anilines is 1. The average Bonchev–Trinajstić information content (AvgIpc) is 3.92. The number of aromatic nitrogens is 3. The minimum atomic E-state index is -0.536. The topological polar surface area (TPSA) is 124 Å². The zero-order valence-electron chi connectivity index (χ0n) is 32.1. The Kier molecular flexibility index (Phi) is 10.5. The third-order valence-corrected chi connectivity index (χ3v) is 11.6. The van der Waals surface area contributed by atoms with Gasteiger partial charge in [0.25, 0.3) is 5.91 Å². The minimum Gasteiger partial charge on any atom is -0.369 e. The molecule has 1 atom stereocenters. The zero-order chi connectivity index (χ0) is 39.8. The fourth-order valence-corrected chi connectivity index (χ4v) is 8.44. The Bertz CT molecular complexity index is 2380. The standard InChI is InChI=1S/C44H45F2N7O4/c1-50(2)44(57)37-25-35-33(24-34(41(46)42(35)48-37)31-5-3-18-52(26-31)40(55)16-22-53-19-4-17-47-53)29-8-6-27(7-9-29)28-14-20-51(21-15-28)38-12-10-30(23-36(38)45)32-11-13-39(54)49-43(32)56/h4-10,12,17,19,23-25,28,32,48H,3,11,13-16,18,20-22,26H2,1-2H3,(H,49,54,56). The van der Waals surface area contributed by atoms with Crippen LogP contribution in [0, 0.1) is 11.6 Å². The van der Waals surface area contributed by atoms with Gasteiger partial charge in [-0.2, -0.15) is 5.10 Å². The van der Waals surface area contributed by atoms with E-state index >= 15 is 8.78 Å². The Labute approximate surface area is 329 Å². The van der Waals surface area contributed by atoms with Crippen LogP contribution in [0.5, 0.6) is 0 Å². The summed E-state index contributed by atoms with van der Waals surface area (Å²) in [6.07, 6.45) is 8.62. The highest BCUT2D eigenvalue weighted by molar-refractivity contribution is 6.04. The molecule has 5 heterocycles. The summed E-state index contributed by atoms with van der Waals surface area (Å²) >= 11 is 0. The van der Waals surface area contributed by atoms with Crippen LogP contribution in [0.15, 0.2) is 79.1 Å². The lowest BCUT2D eigenvalue weighted by atomic mass is 9.87. The van der Waals surface area contributed by atoms with Gasteiger partial charge in [-0.15, -0.1) is 0 Å². The first-order valence-corrected chi connectivity index (χ1v) is 19.5. The number of amides is 4. The van der Waals surface area contributed by atoms with Crippen molar-refractivity contribution >= 4 is 45.8 Å². The largest absolute Gasteiger partial charge is 0.369 e. The van der Waals surface area contributed by atoms with Gasteiger partial charge in [-0.05, 0) is 89.8 Å². The van der Waals surface area contributed by atoms with Gasteiger partial charge in [-0.3, -0.25) is 29.2 Å². The molecule has 0 radical (unpaired) electrons. The molecule has 11 nitrogen and oxygen atoms in total. The molecule has 2 fully saturated rings. The molecular weight excluding hydrogens is 729 g/mol. The second kappa shape index (κ2) is 15.8. The molecule has 3 aromatic carbocycles. The molecule has 1 unspecified atom stereocenters. The maximum absolute atomic E-state index is 16.5. The summed E-state index contributed by atoms with van der Waals surface area (Å²) < 4.78 is 33.7. The second-order valence-corrected chi connectivity index (χ2v) is 15.4. The summed E-state index contributed by atoms with van der Waals surface area (Å²) in [5.41, 5.74) is 5.51. The molecule has 3 aliphatic heterocycles. The number of hydrogen-bond donors (Lipinski definition) is 2. The molecule has 0 saturated carbocycles. The number of imide groups is 1. The molecule has 2 N–H and O–H groups in total. The van der Waals surface area contributed by atoms with Crippen LogP contribution < -0.4 is 10.2 Å². The summed E-state index contributed by atoms with van der Waals surface area (Å²) in [5.74, 6) is -2.09. The Hall–Kier alpha value is -6.11. The molecule has 3 aliphatic rings. The van der Waals surface area contributed by atoms with Crippen molar-refractivity contribution in [2.75, 3.05) is 45.2 Å². The first-order chi connectivity index (χ1) is 27.5. The Morgan fingerprint density at radius 3 is 2.40 bits per heavy atom. The van der Waals surface area contributed by atoms with Gasteiger partial charge in [0, 0.05) is 83.0 Å². The number of nitrogens with zero attached hydrogens (tertiary/aromatic N) is 5. The highest BCUT2D eigenvalue weighted by Crippen LogP contribution is 2.39. The summed E-state index contributed by atoms with van der Waals surface area (Å²) in [4.78, 5) is 58.5. The SMILES string of the molecule is CN(C)C(=O)c1cc2c(-c3ccc(C4CCN(c5ccc(C6CCC(=O)NC6=O)cc5F)CC4)cc3)cc(C3=CCCN(C(=O)CCn4cccn4)C3)c(F)c2[nH]1. The molecule has 0 spiro atoms. The van der Waals surface area contributed by atoms with E-state index in [4.69, 9.17) is 0 Å². The molecule has 2 aromatic heterocycles. The van der Waals surface area contributed by atoms with Crippen LogP contribution in [0.1, 0.15) is 77.5 Å². The molecular formula is C44H45F2N7O4. The molecule has 2 saturated heterocycles. The first-order valence-electron chi connectivity index (χ1n) is 19.5. The van der Waals surface area contributed by atoms with E-state index in [1.807, 2.05) is 41.4 Å². The van der Waals surface area contributed by atoms with Crippen LogP contribution >= 0.6 is 0 Å². The molecule has 4 amide bonds. The van der Waals surface area contributed by atoms with Crippen molar-refractivity contribution in [3.05, 3.63) is 113 Å². The van der Waals surface area contributed by atoms with Gasteiger partial charge in [0.05, 0.1) is 17.1 Å². The van der Waals surface area contributed by atoms with Crippen molar-refractivity contribution < 1.29 is 28.0 Å². The van der Waals surface area contributed by atoms with Crippen molar-refractivity contribution in [2.45, 2.75) is 56.9 Å². The number of halogens is 2. The Balaban J connectivity index is 1.01. The van der Waals surface area contributed by atoms with Crippen LogP contribution in [-0.2, 0) is 20.9 Å². The molecule has 294 valence electrons. The molecule has 57 heavy (non-hydrogen) atoms. The lowest BCUT2D eigenvalue weighted by Gasteiger charge is -2.34. The van der Waals surface area contributed by atoms with Gasteiger partial charge in [0.1, 0.15) is 11.5 Å². The van der Waals surface area contributed by atoms with E-state index in [1.54, 1.807) is 48.1 Å². The van der Waals surface area contributed by atoms with E-state index in [2.05, 4.69) is 27.5 Å². The number of rotatable bonds is 9. The predicted molar refractivity (Wildman–Crippen MR) is 213 cm³/mol. The number of piperidine rings is 2. The third-order valence-electron chi connectivity index (χ3n) is 11.6. The van der Waals surface area contributed by atoms with Gasteiger partial charge in [-0.1, -0.05) is 36.4 Å². The van der Waals surface area contributed by atoms with E-state index in [1.165, 1.54) is 11.0 Å². The highest BCUT2D eigenvalue weighted by Gasteiger charge is 2.30. The number of aryl methyl sites for hydroxylation is 1. The second-order valence-electron chi connectivity index (χ2n) is 15.4. The van der Waals surface area contributed by atoms with Gasteiger partial charge < -0.3 is 19.7 Å².